The summed E-state index contributed by atoms with van der Waals surface area (Å²) in [6.07, 6.45) is -0.320. The lowest BCUT2D eigenvalue weighted by Gasteiger charge is -2.06. The lowest BCUT2D eigenvalue weighted by atomic mass is 10.1. The number of para-hydroxylation sites is 1. The van der Waals surface area contributed by atoms with E-state index >= 15 is 0 Å². The van der Waals surface area contributed by atoms with Crippen LogP contribution in [0.2, 0.25) is 0 Å². The zero-order valence-corrected chi connectivity index (χ0v) is 13.7. The van der Waals surface area contributed by atoms with Crippen LogP contribution in [0.3, 0.4) is 0 Å². The monoisotopic (exact) mass is 356 g/mol. The van der Waals surface area contributed by atoms with Crippen LogP contribution in [0.5, 0.6) is 0 Å². The number of hydrogen-bond donors (Lipinski definition) is 1. The summed E-state index contributed by atoms with van der Waals surface area (Å²) in [5.41, 5.74) is 0.723. The zero-order valence-electron chi connectivity index (χ0n) is 13.7. The van der Waals surface area contributed by atoms with Gasteiger partial charge in [0.05, 0.1) is 17.8 Å². The molecule has 0 fully saturated rings. The van der Waals surface area contributed by atoms with E-state index in [2.05, 4.69) is 5.32 Å². The standard InChI is InChI=1S/C18H16N2O6/c21-16(10-13-6-2-1-3-7-13)19-17(22)12-26-18(23)11-14-8-4-5-9-15(14)20(24)25/h1-9H,10-12H2,(H,19,21,22). The summed E-state index contributed by atoms with van der Waals surface area (Å²) >= 11 is 0. The molecule has 0 spiro atoms. The average molecular weight is 356 g/mol. The van der Waals surface area contributed by atoms with Gasteiger partial charge in [-0.15, -0.1) is 0 Å². The third-order valence-corrected chi connectivity index (χ3v) is 3.37. The second-order valence-corrected chi connectivity index (χ2v) is 5.36. The molecule has 2 aromatic carbocycles. The van der Waals surface area contributed by atoms with E-state index in [0.717, 1.165) is 5.56 Å². The number of rotatable bonds is 7. The van der Waals surface area contributed by atoms with Crippen LogP contribution in [0.1, 0.15) is 11.1 Å². The summed E-state index contributed by atoms with van der Waals surface area (Å²) in [5, 5.41) is 13.0. The number of carbonyl (C=O) groups is 3. The Morgan fingerprint density at radius 2 is 1.58 bits per heavy atom. The van der Waals surface area contributed by atoms with Crippen molar-refractivity contribution in [1.29, 1.82) is 0 Å². The van der Waals surface area contributed by atoms with Crippen LogP contribution in [-0.4, -0.2) is 29.3 Å². The first-order valence-corrected chi connectivity index (χ1v) is 7.70. The van der Waals surface area contributed by atoms with Gasteiger partial charge in [0, 0.05) is 11.6 Å². The van der Waals surface area contributed by atoms with Crippen LogP contribution in [0.15, 0.2) is 54.6 Å². The summed E-state index contributed by atoms with van der Waals surface area (Å²) in [4.78, 5) is 45.4. The molecular formula is C18H16N2O6. The van der Waals surface area contributed by atoms with E-state index in [1.165, 1.54) is 18.2 Å². The van der Waals surface area contributed by atoms with Gasteiger partial charge in [0.25, 0.3) is 11.6 Å². The smallest absolute Gasteiger partial charge is 0.311 e. The lowest BCUT2D eigenvalue weighted by molar-refractivity contribution is -0.385. The van der Waals surface area contributed by atoms with Crippen LogP contribution in [0.4, 0.5) is 5.69 Å². The molecule has 26 heavy (non-hydrogen) atoms. The first-order valence-electron chi connectivity index (χ1n) is 7.70. The molecule has 0 unspecified atom stereocenters. The minimum Gasteiger partial charge on any atom is -0.455 e. The molecule has 0 saturated heterocycles. The Morgan fingerprint density at radius 1 is 0.923 bits per heavy atom. The van der Waals surface area contributed by atoms with Gasteiger partial charge in [-0.05, 0) is 5.56 Å². The first-order chi connectivity index (χ1) is 12.5. The number of nitrogens with one attached hydrogen (secondary N) is 1. The van der Waals surface area contributed by atoms with E-state index in [1.807, 2.05) is 6.07 Å². The number of nitro groups is 1. The molecule has 0 aliphatic rings. The second-order valence-electron chi connectivity index (χ2n) is 5.36. The Balaban J connectivity index is 1.79. The van der Waals surface area contributed by atoms with Crippen molar-refractivity contribution in [3.05, 3.63) is 75.8 Å². The molecule has 2 aromatic rings. The van der Waals surface area contributed by atoms with Crippen molar-refractivity contribution in [1.82, 2.24) is 5.32 Å². The quantitative estimate of drug-likeness (QED) is 0.457. The van der Waals surface area contributed by atoms with Gasteiger partial charge in [-0.25, -0.2) is 0 Å². The van der Waals surface area contributed by atoms with Gasteiger partial charge in [-0.1, -0.05) is 48.5 Å². The predicted octanol–water partition coefficient (Wildman–Crippen LogP) is 1.57. The molecule has 0 bridgehead atoms. The molecule has 0 aliphatic carbocycles. The van der Waals surface area contributed by atoms with Crippen molar-refractivity contribution in [3.63, 3.8) is 0 Å². The molecule has 0 saturated carbocycles. The van der Waals surface area contributed by atoms with Gasteiger partial charge in [-0.2, -0.15) is 0 Å². The van der Waals surface area contributed by atoms with Crippen LogP contribution < -0.4 is 5.32 Å². The fourth-order valence-electron chi connectivity index (χ4n) is 2.21. The van der Waals surface area contributed by atoms with Crippen LogP contribution in [0.25, 0.3) is 0 Å². The van der Waals surface area contributed by atoms with Crippen molar-refractivity contribution in [2.75, 3.05) is 6.61 Å². The maximum absolute atomic E-state index is 11.8. The van der Waals surface area contributed by atoms with Crippen LogP contribution in [0, 0.1) is 10.1 Å². The topological polar surface area (TPSA) is 116 Å². The maximum atomic E-state index is 11.8. The van der Waals surface area contributed by atoms with E-state index < -0.39 is 29.3 Å². The van der Waals surface area contributed by atoms with Crippen molar-refractivity contribution in [2.24, 2.45) is 0 Å². The van der Waals surface area contributed by atoms with Gasteiger partial charge < -0.3 is 4.74 Å². The molecule has 0 aliphatic heterocycles. The number of nitrogens with zero attached hydrogens (tertiary/aromatic N) is 1. The van der Waals surface area contributed by atoms with Crippen molar-refractivity contribution < 1.29 is 24.0 Å². The SMILES string of the molecule is O=C(COC(=O)Cc1ccccc1[N+](=O)[O-])NC(=O)Cc1ccccc1. The Hall–Kier alpha value is -3.55. The fraction of sp³-hybridized carbons (Fsp3) is 0.167. The molecule has 1 N–H and O–H groups in total. The molecule has 2 rings (SSSR count). The minimum absolute atomic E-state index is 0.0245. The molecule has 8 heteroatoms. The number of carbonyl (C=O) groups excluding carboxylic acids is 3. The number of benzene rings is 2. The number of amides is 2. The molecule has 2 amide bonds. The molecule has 0 heterocycles. The number of hydrogen-bond acceptors (Lipinski definition) is 6. The van der Waals surface area contributed by atoms with Gasteiger partial charge >= 0.3 is 5.97 Å². The van der Waals surface area contributed by atoms with Gasteiger partial charge in [0.1, 0.15) is 0 Å². The van der Waals surface area contributed by atoms with Gasteiger partial charge in [0.2, 0.25) is 5.91 Å². The lowest BCUT2D eigenvalue weighted by Crippen LogP contribution is -2.35. The second kappa shape index (κ2) is 9.07. The van der Waals surface area contributed by atoms with E-state index in [4.69, 9.17) is 4.74 Å². The highest BCUT2D eigenvalue weighted by Gasteiger charge is 2.17. The normalized spacial score (nSPS) is 10.0. The predicted molar refractivity (Wildman–Crippen MR) is 91.1 cm³/mol. The van der Waals surface area contributed by atoms with Crippen LogP contribution in [-0.2, 0) is 32.0 Å². The number of imide groups is 1. The van der Waals surface area contributed by atoms with Crippen molar-refractivity contribution >= 4 is 23.5 Å². The molecule has 134 valence electrons. The summed E-state index contributed by atoms with van der Waals surface area (Å²) in [7, 11) is 0. The zero-order chi connectivity index (χ0) is 18.9. The highest BCUT2D eigenvalue weighted by atomic mass is 16.6. The Morgan fingerprint density at radius 3 is 2.27 bits per heavy atom. The molecular weight excluding hydrogens is 340 g/mol. The summed E-state index contributed by atoms with van der Waals surface area (Å²) in [5.74, 6) is -2.08. The fourth-order valence-corrected chi connectivity index (χ4v) is 2.21. The number of esters is 1. The third kappa shape index (κ3) is 5.82. The highest BCUT2D eigenvalue weighted by Crippen LogP contribution is 2.18. The summed E-state index contributed by atoms with van der Waals surface area (Å²) in [6.45, 7) is -0.639. The molecule has 0 radical (unpaired) electrons. The minimum atomic E-state index is -0.801. The van der Waals surface area contributed by atoms with Crippen molar-refractivity contribution in [3.8, 4) is 0 Å². The summed E-state index contributed by atoms with van der Waals surface area (Å²) in [6, 6.07) is 14.6. The highest BCUT2D eigenvalue weighted by molar-refractivity contribution is 5.97. The largest absolute Gasteiger partial charge is 0.455 e. The van der Waals surface area contributed by atoms with Crippen molar-refractivity contribution in [2.45, 2.75) is 12.8 Å². The number of ether oxygens (including phenoxy) is 1. The molecule has 8 nitrogen and oxygen atoms in total. The summed E-state index contributed by atoms with van der Waals surface area (Å²) < 4.78 is 4.77. The van der Waals surface area contributed by atoms with E-state index in [0.29, 0.717) is 0 Å². The first kappa shape index (κ1) is 18.8. The van der Waals surface area contributed by atoms with Gasteiger partial charge in [-0.3, -0.25) is 29.8 Å². The Labute approximate surface area is 148 Å². The maximum Gasteiger partial charge on any atom is 0.311 e. The molecule has 0 aromatic heterocycles. The van der Waals surface area contributed by atoms with E-state index in [9.17, 15) is 24.5 Å². The van der Waals surface area contributed by atoms with Gasteiger partial charge in [0.15, 0.2) is 6.61 Å². The average Bonchev–Trinajstić information content (AvgIpc) is 2.61. The third-order valence-electron chi connectivity index (χ3n) is 3.37. The number of nitro benzene ring substituents is 1. The Kier molecular flexibility index (Phi) is 6.55. The molecule has 0 atom stereocenters. The van der Waals surface area contributed by atoms with E-state index in [1.54, 1.807) is 30.3 Å². The Bertz CT molecular complexity index is 819. The van der Waals surface area contributed by atoms with Crippen LogP contribution >= 0.6 is 0 Å². The van der Waals surface area contributed by atoms with E-state index in [-0.39, 0.29) is 24.1 Å².